The zero-order valence-electron chi connectivity index (χ0n) is 7.08. The average molecular weight is 198 g/mol. The highest BCUT2D eigenvalue weighted by Crippen LogP contribution is 2.22. The second kappa shape index (κ2) is 3.37. The van der Waals surface area contributed by atoms with E-state index in [1.54, 1.807) is 0 Å². The average Bonchev–Trinajstić information content (AvgIpc) is 2.40. The third-order valence-electron chi connectivity index (χ3n) is 2.05. The van der Waals surface area contributed by atoms with Crippen molar-refractivity contribution < 1.29 is 8.42 Å². The summed E-state index contributed by atoms with van der Waals surface area (Å²) in [6.07, 6.45) is 5.34. The topological polar surface area (TPSA) is 70.0 Å². The quantitative estimate of drug-likeness (QED) is 0.595. The van der Waals surface area contributed by atoms with Gasteiger partial charge in [-0.1, -0.05) is 5.92 Å². The number of hydrogen-bond acceptors (Lipinski definition) is 4. The molecule has 0 aromatic heterocycles. The van der Waals surface area contributed by atoms with Gasteiger partial charge in [0.2, 0.25) is 0 Å². The Balaban J connectivity index is 2.77. The highest BCUT2D eigenvalue weighted by Gasteiger charge is 2.42. The van der Waals surface area contributed by atoms with Crippen LogP contribution in [0.3, 0.4) is 0 Å². The summed E-state index contributed by atoms with van der Waals surface area (Å²) in [6.45, 7) is 0.225. The first-order chi connectivity index (χ1) is 6.04. The van der Waals surface area contributed by atoms with Gasteiger partial charge in [0, 0.05) is 0 Å². The summed E-state index contributed by atoms with van der Waals surface area (Å²) in [5.41, 5.74) is -0.953. The first-order valence-corrected chi connectivity index (χ1v) is 5.66. The first kappa shape index (κ1) is 10.0. The van der Waals surface area contributed by atoms with Gasteiger partial charge in [-0.05, 0) is 6.42 Å². The second-order valence-electron chi connectivity index (χ2n) is 3.09. The third-order valence-corrected chi connectivity index (χ3v) is 3.81. The van der Waals surface area contributed by atoms with Crippen LogP contribution < -0.4 is 5.32 Å². The first-order valence-electron chi connectivity index (χ1n) is 3.84. The summed E-state index contributed by atoms with van der Waals surface area (Å²) in [6, 6.07) is 1.98. The Kier molecular flexibility index (Phi) is 2.60. The maximum atomic E-state index is 11.1. The molecule has 1 aliphatic heterocycles. The van der Waals surface area contributed by atoms with Crippen LogP contribution in [-0.2, 0) is 9.84 Å². The number of rotatable bonds is 2. The number of nitrogens with zero attached hydrogens (tertiary/aromatic N) is 1. The SMILES string of the molecule is C#CCNC1(C#N)CCS(=O)(=O)C1. The minimum atomic E-state index is -3.05. The molecule has 1 atom stereocenters. The van der Waals surface area contributed by atoms with Gasteiger partial charge in [0.1, 0.15) is 5.54 Å². The zero-order chi connectivity index (χ0) is 9.95. The standard InChI is InChI=1S/C8H10N2O2S/c1-2-4-10-8(6-9)3-5-13(11,12)7-8/h1,10H,3-5,7H2. The van der Waals surface area contributed by atoms with E-state index in [4.69, 9.17) is 11.7 Å². The number of nitriles is 1. The van der Waals surface area contributed by atoms with Gasteiger partial charge >= 0.3 is 0 Å². The van der Waals surface area contributed by atoms with Crippen molar-refractivity contribution in [2.75, 3.05) is 18.1 Å². The van der Waals surface area contributed by atoms with Crippen molar-refractivity contribution in [1.29, 1.82) is 5.26 Å². The fourth-order valence-corrected chi connectivity index (χ4v) is 3.20. The molecule has 0 radical (unpaired) electrons. The van der Waals surface area contributed by atoms with Gasteiger partial charge in [0.25, 0.3) is 0 Å². The normalized spacial score (nSPS) is 30.6. The van der Waals surface area contributed by atoms with Crippen LogP contribution in [0.2, 0.25) is 0 Å². The summed E-state index contributed by atoms with van der Waals surface area (Å²) in [5, 5.41) is 11.6. The molecular weight excluding hydrogens is 188 g/mol. The molecule has 1 unspecified atom stereocenters. The van der Waals surface area contributed by atoms with Crippen molar-refractivity contribution in [3.63, 3.8) is 0 Å². The highest BCUT2D eigenvalue weighted by atomic mass is 32.2. The maximum Gasteiger partial charge on any atom is 0.153 e. The van der Waals surface area contributed by atoms with Crippen molar-refractivity contribution in [3.05, 3.63) is 0 Å². The maximum absolute atomic E-state index is 11.1. The lowest BCUT2D eigenvalue weighted by molar-refractivity contribution is 0.484. The predicted octanol–water partition coefficient (Wildman–Crippen LogP) is -0.710. The zero-order valence-corrected chi connectivity index (χ0v) is 7.89. The number of sulfone groups is 1. The molecule has 4 nitrogen and oxygen atoms in total. The van der Waals surface area contributed by atoms with Crippen LogP contribution in [0.25, 0.3) is 0 Å². The van der Waals surface area contributed by atoms with Crippen LogP contribution in [0, 0.1) is 23.7 Å². The molecule has 0 amide bonds. The summed E-state index contributed by atoms with van der Waals surface area (Å²) < 4.78 is 22.3. The summed E-state index contributed by atoms with van der Waals surface area (Å²) in [4.78, 5) is 0. The van der Waals surface area contributed by atoms with Gasteiger partial charge in [0.15, 0.2) is 9.84 Å². The van der Waals surface area contributed by atoms with Gasteiger partial charge in [-0.2, -0.15) is 5.26 Å². The molecule has 0 bridgehead atoms. The summed E-state index contributed by atoms with van der Waals surface area (Å²) in [5.74, 6) is 2.26. The van der Waals surface area contributed by atoms with Crippen molar-refractivity contribution in [1.82, 2.24) is 5.32 Å². The number of hydrogen-bond donors (Lipinski definition) is 1. The number of nitrogens with one attached hydrogen (secondary N) is 1. The Morgan fingerprint density at radius 1 is 1.62 bits per heavy atom. The Bertz CT molecular complexity index is 374. The fraction of sp³-hybridized carbons (Fsp3) is 0.625. The Hall–Kier alpha value is -1.04. The molecule has 1 rings (SSSR count). The van der Waals surface area contributed by atoms with Gasteiger partial charge in [-0.25, -0.2) is 8.42 Å². The molecule has 0 aromatic rings. The lowest BCUT2D eigenvalue weighted by Crippen LogP contribution is -2.45. The highest BCUT2D eigenvalue weighted by molar-refractivity contribution is 7.91. The van der Waals surface area contributed by atoms with Crippen molar-refractivity contribution in [2.24, 2.45) is 0 Å². The van der Waals surface area contributed by atoms with Gasteiger partial charge in [0.05, 0.1) is 24.1 Å². The van der Waals surface area contributed by atoms with E-state index in [2.05, 4.69) is 11.2 Å². The molecule has 0 aliphatic carbocycles. The van der Waals surface area contributed by atoms with Crippen molar-refractivity contribution in [3.8, 4) is 18.4 Å². The molecule has 1 N–H and O–H groups in total. The number of terminal acetylenes is 1. The van der Waals surface area contributed by atoms with Crippen LogP contribution in [0.5, 0.6) is 0 Å². The van der Waals surface area contributed by atoms with E-state index in [0.29, 0.717) is 6.42 Å². The monoisotopic (exact) mass is 198 g/mol. The van der Waals surface area contributed by atoms with E-state index in [0.717, 1.165) is 0 Å². The van der Waals surface area contributed by atoms with E-state index in [1.807, 2.05) is 6.07 Å². The predicted molar refractivity (Wildman–Crippen MR) is 48.5 cm³/mol. The van der Waals surface area contributed by atoms with Crippen LogP contribution in [-0.4, -0.2) is 32.0 Å². The molecular formula is C8H10N2O2S. The minimum Gasteiger partial charge on any atom is -0.288 e. The molecule has 70 valence electrons. The van der Waals surface area contributed by atoms with Crippen LogP contribution >= 0.6 is 0 Å². The molecule has 5 heteroatoms. The molecule has 1 saturated heterocycles. The van der Waals surface area contributed by atoms with E-state index < -0.39 is 15.4 Å². The molecule has 0 saturated carbocycles. The van der Waals surface area contributed by atoms with Crippen LogP contribution in [0.15, 0.2) is 0 Å². The Morgan fingerprint density at radius 3 is 2.69 bits per heavy atom. The van der Waals surface area contributed by atoms with Gasteiger partial charge < -0.3 is 0 Å². The van der Waals surface area contributed by atoms with Crippen LogP contribution in [0.4, 0.5) is 0 Å². The Labute approximate surface area is 77.9 Å². The largest absolute Gasteiger partial charge is 0.288 e. The summed E-state index contributed by atoms with van der Waals surface area (Å²) >= 11 is 0. The van der Waals surface area contributed by atoms with Crippen molar-refractivity contribution in [2.45, 2.75) is 12.0 Å². The fourth-order valence-electron chi connectivity index (χ4n) is 1.34. The van der Waals surface area contributed by atoms with E-state index in [9.17, 15) is 8.42 Å². The van der Waals surface area contributed by atoms with Crippen molar-refractivity contribution >= 4 is 9.84 Å². The molecule has 13 heavy (non-hydrogen) atoms. The lowest BCUT2D eigenvalue weighted by atomic mass is 10.0. The molecule has 0 spiro atoms. The van der Waals surface area contributed by atoms with E-state index in [1.165, 1.54) is 0 Å². The molecule has 1 fully saturated rings. The van der Waals surface area contributed by atoms with E-state index in [-0.39, 0.29) is 18.1 Å². The molecule has 0 aromatic carbocycles. The Morgan fingerprint density at radius 2 is 2.31 bits per heavy atom. The molecule has 1 heterocycles. The minimum absolute atomic E-state index is 0.0676. The third kappa shape index (κ3) is 2.21. The van der Waals surface area contributed by atoms with Gasteiger partial charge in [-0.3, -0.25) is 5.32 Å². The van der Waals surface area contributed by atoms with Gasteiger partial charge in [-0.15, -0.1) is 6.42 Å². The smallest absolute Gasteiger partial charge is 0.153 e. The van der Waals surface area contributed by atoms with Crippen LogP contribution in [0.1, 0.15) is 6.42 Å². The summed E-state index contributed by atoms with van der Waals surface area (Å²) in [7, 11) is -3.05. The lowest BCUT2D eigenvalue weighted by Gasteiger charge is -2.18. The molecule has 1 aliphatic rings. The van der Waals surface area contributed by atoms with E-state index >= 15 is 0 Å². The second-order valence-corrected chi connectivity index (χ2v) is 5.28.